The molecule has 0 bridgehead atoms. The number of hydrogen-bond acceptors (Lipinski definition) is 5. The van der Waals surface area contributed by atoms with Crippen LogP contribution in [0.15, 0.2) is 62.6 Å². The molecule has 0 aliphatic carbocycles. The second-order valence-electron chi connectivity index (χ2n) is 8.06. The molecule has 3 aromatic rings. The zero-order chi connectivity index (χ0) is 22.7. The second-order valence-corrected chi connectivity index (χ2v) is 9.99. The lowest BCUT2D eigenvalue weighted by atomic mass is 9.94. The molecule has 0 unspecified atom stereocenters. The van der Waals surface area contributed by atoms with Gasteiger partial charge >= 0.3 is 5.76 Å². The summed E-state index contributed by atoms with van der Waals surface area (Å²) in [5.41, 5.74) is 1.89. The van der Waals surface area contributed by atoms with Crippen LogP contribution in [0.5, 0.6) is 0 Å². The van der Waals surface area contributed by atoms with E-state index in [0.29, 0.717) is 51.0 Å². The Morgan fingerprint density at radius 1 is 1.12 bits per heavy atom. The van der Waals surface area contributed by atoms with E-state index >= 15 is 0 Å². The molecule has 1 aliphatic rings. The zero-order valence-electron chi connectivity index (χ0n) is 18.0. The minimum absolute atomic E-state index is 0.0175. The number of oxazole rings is 1. The summed E-state index contributed by atoms with van der Waals surface area (Å²) in [6, 6.07) is 14.3. The van der Waals surface area contributed by atoms with Gasteiger partial charge in [-0.05, 0) is 43.4 Å². The quantitative estimate of drug-likeness (QED) is 0.588. The van der Waals surface area contributed by atoms with Crippen LogP contribution in [-0.2, 0) is 27.9 Å². The Balaban J connectivity index is 1.35. The van der Waals surface area contributed by atoms with Crippen molar-refractivity contribution in [1.29, 1.82) is 0 Å². The normalized spacial score (nSPS) is 15.8. The number of benzene rings is 2. The van der Waals surface area contributed by atoms with Crippen LogP contribution < -0.4 is 11.1 Å². The smallest absolute Gasteiger partial charge is 0.408 e. The van der Waals surface area contributed by atoms with E-state index in [4.69, 9.17) is 4.42 Å². The van der Waals surface area contributed by atoms with E-state index < -0.39 is 15.8 Å². The molecule has 2 aromatic carbocycles. The van der Waals surface area contributed by atoms with Crippen LogP contribution in [-0.4, -0.2) is 36.3 Å². The summed E-state index contributed by atoms with van der Waals surface area (Å²) in [5, 5.41) is 2.93. The first-order valence-electron chi connectivity index (χ1n) is 10.8. The fourth-order valence-corrected chi connectivity index (χ4v) is 5.63. The van der Waals surface area contributed by atoms with Gasteiger partial charge < -0.3 is 9.73 Å². The minimum atomic E-state index is -3.70. The first-order chi connectivity index (χ1) is 15.4. The summed E-state index contributed by atoms with van der Waals surface area (Å²) in [7, 11) is -3.70. The van der Waals surface area contributed by atoms with E-state index in [1.165, 1.54) is 21.0 Å². The highest BCUT2D eigenvalue weighted by molar-refractivity contribution is 7.89. The van der Waals surface area contributed by atoms with Crippen molar-refractivity contribution >= 4 is 27.0 Å². The average Bonchev–Trinajstić information content (AvgIpc) is 3.12. The minimum Gasteiger partial charge on any atom is -0.408 e. The SMILES string of the molecule is CCn1c(=O)oc2cc(S(=O)(=O)N3CCC(CC(=O)NCc4ccccc4)CC3)ccc21. The lowest BCUT2D eigenvalue weighted by Crippen LogP contribution is -2.39. The van der Waals surface area contributed by atoms with Crippen LogP contribution >= 0.6 is 0 Å². The molecule has 1 amide bonds. The molecule has 170 valence electrons. The van der Waals surface area contributed by atoms with Crippen molar-refractivity contribution in [2.24, 2.45) is 5.92 Å². The Kier molecular flexibility index (Phi) is 6.48. The molecule has 0 radical (unpaired) electrons. The highest BCUT2D eigenvalue weighted by Crippen LogP contribution is 2.27. The van der Waals surface area contributed by atoms with Gasteiger partial charge in [-0.15, -0.1) is 0 Å². The molecule has 32 heavy (non-hydrogen) atoms. The molecule has 0 atom stereocenters. The highest BCUT2D eigenvalue weighted by Gasteiger charge is 2.30. The van der Waals surface area contributed by atoms with E-state index in [1.807, 2.05) is 37.3 Å². The number of fused-ring (bicyclic) bond motifs is 1. The van der Waals surface area contributed by atoms with Gasteiger partial charge in [0.15, 0.2) is 5.58 Å². The summed E-state index contributed by atoms with van der Waals surface area (Å²) in [4.78, 5) is 24.3. The van der Waals surface area contributed by atoms with Crippen molar-refractivity contribution in [3.63, 3.8) is 0 Å². The molecule has 1 aliphatic heterocycles. The molecule has 1 saturated heterocycles. The van der Waals surface area contributed by atoms with Crippen molar-refractivity contribution in [3.8, 4) is 0 Å². The lowest BCUT2D eigenvalue weighted by molar-refractivity contribution is -0.122. The topological polar surface area (TPSA) is 102 Å². The number of carbonyl (C=O) groups is 1. The Labute approximate surface area is 186 Å². The Morgan fingerprint density at radius 3 is 2.53 bits per heavy atom. The summed E-state index contributed by atoms with van der Waals surface area (Å²) >= 11 is 0. The van der Waals surface area contributed by atoms with Crippen LogP contribution in [0, 0.1) is 5.92 Å². The fraction of sp³-hybridized carbons (Fsp3) is 0.391. The van der Waals surface area contributed by atoms with Gasteiger partial charge in [-0.3, -0.25) is 9.36 Å². The molecule has 8 nitrogen and oxygen atoms in total. The van der Waals surface area contributed by atoms with Gasteiger partial charge in [0.1, 0.15) is 0 Å². The van der Waals surface area contributed by atoms with Crippen LogP contribution in [0.25, 0.3) is 11.1 Å². The molecule has 9 heteroatoms. The van der Waals surface area contributed by atoms with E-state index in [1.54, 1.807) is 6.07 Å². The number of carbonyl (C=O) groups excluding carboxylic acids is 1. The highest BCUT2D eigenvalue weighted by atomic mass is 32.2. The maximum absolute atomic E-state index is 13.1. The second kappa shape index (κ2) is 9.30. The van der Waals surface area contributed by atoms with Crippen LogP contribution in [0.2, 0.25) is 0 Å². The Hall–Kier alpha value is -2.91. The number of sulfonamides is 1. The summed E-state index contributed by atoms with van der Waals surface area (Å²) in [5.74, 6) is -0.365. The van der Waals surface area contributed by atoms with Crippen LogP contribution in [0.4, 0.5) is 0 Å². The third-order valence-electron chi connectivity index (χ3n) is 5.97. The molecule has 0 saturated carbocycles. The number of piperidine rings is 1. The average molecular weight is 458 g/mol. The number of nitrogens with zero attached hydrogens (tertiary/aromatic N) is 2. The summed E-state index contributed by atoms with van der Waals surface area (Å²) in [6.07, 6.45) is 1.64. The molecular formula is C23H27N3O5S. The van der Waals surface area contributed by atoms with Gasteiger partial charge in [-0.25, -0.2) is 13.2 Å². The van der Waals surface area contributed by atoms with Crippen molar-refractivity contribution in [2.75, 3.05) is 13.1 Å². The zero-order valence-corrected chi connectivity index (χ0v) is 18.8. The fourth-order valence-electron chi connectivity index (χ4n) is 4.14. The summed E-state index contributed by atoms with van der Waals surface area (Å²) < 4.78 is 34.3. The number of aromatic nitrogens is 1. The third-order valence-corrected chi connectivity index (χ3v) is 7.87. The Morgan fingerprint density at radius 2 is 1.84 bits per heavy atom. The van der Waals surface area contributed by atoms with Gasteiger partial charge in [-0.1, -0.05) is 30.3 Å². The van der Waals surface area contributed by atoms with Crippen LogP contribution in [0.3, 0.4) is 0 Å². The monoisotopic (exact) mass is 457 g/mol. The van der Waals surface area contributed by atoms with Gasteiger partial charge in [0, 0.05) is 38.7 Å². The number of aryl methyl sites for hydroxylation is 1. The first-order valence-corrected chi connectivity index (χ1v) is 12.3. The first kappa shape index (κ1) is 22.3. The molecule has 0 spiro atoms. The standard InChI is InChI=1S/C23H27N3O5S/c1-2-26-20-9-8-19(15-21(20)31-23(26)28)32(29,30)25-12-10-17(11-13-25)14-22(27)24-16-18-6-4-3-5-7-18/h3-9,15,17H,2,10-14,16H2,1H3,(H,24,27). The van der Waals surface area contributed by atoms with Gasteiger partial charge in [0.05, 0.1) is 10.4 Å². The molecule has 2 heterocycles. The molecule has 1 aromatic heterocycles. The molecule has 1 fully saturated rings. The molecule has 1 N–H and O–H groups in total. The Bertz CT molecular complexity index is 1260. The predicted molar refractivity (Wildman–Crippen MR) is 121 cm³/mol. The third kappa shape index (κ3) is 4.63. The number of rotatable bonds is 7. The van der Waals surface area contributed by atoms with Gasteiger partial charge in [-0.2, -0.15) is 4.31 Å². The van der Waals surface area contributed by atoms with E-state index in [9.17, 15) is 18.0 Å². The maximum atomic E-state index is 13.1. The van der Waals surface area contributed by atoms with E-state index in [0.717, 1.165) is 5.56 Å². The van der Waals surface area contributed by atoms with Crippen molar-refractivity contribution in [3.05, 3.63) is 64.6 Å². The summed E-state index contributed by atoms with van der Waals surface area (Å²) in [6.45, 7) is 3.48. The maximum Gasteiger partial charge on any atom is 0.419 e. The van der Waals surface area contributed by atoms with Gasteiger partial charge in [0.2, 0.25) is 15.9 Å². The molecule has 4 rings (SSSR count). The van der Waals surface area contributed by atoms with Crippen molar-refractivity contribution < 1.29 is 17.6 Å². The molecular weight excluding hydrogens is 430 g/mol. The predicted octanol–water partition coefficient (Wildman–Crippen LogP) is 2.72. The largest absolute Gasteiger partial charge is 0.419 e. The van der Waals surface area contributed by atoms with Crippen molar-refractivity contribution in [1.82, 2.24) is 14.2 Å². The van der Waals surface area contributed by atoms with Gasteiger partial charge in [0.25, 0.3) is 0 Å². The van der Waals surface area contributed by atoms with E-state index in [-0.39, 0.29) is 22.3 Å². The van der Waals surface area contributed by atoms with E-state index in [2.05, 4.69) is 5.32 Å². The number of amides is 1. The number of nitrogens with one attached hydrogen (secondary N) is 1. The van der Waals surface area contributed by atoms with Crippen molar-refractivity contribution in [2.45, 2.75) is 44.2 Å². The lowest BCUT2D eigenvalue weighted by Gasteiger charge is -2.31. The number of hydrogen-bond donors (Lipinski definition) is 1. The van der Waals surface area contributed by atoms with Crippen LogP contribution in [0.1, 0.15) is 31.7 Å².